The van der Waals surface area contributed by atoms with E-state index in [4.69, 9.17) is 0 Å². The smallest absolute Gasteiger partial charge is 0.227 e. The molecule has 0 unspecified atom stereocenters. The second-order valence-electron chi connectivity index (χ2n) is 7.64. The summed E-state index contributed by atoms with van der Waals surface area (Å²) in [5, 5.41) is 6.08. The first-order chi connectivity index (χ1) is 13.0. The van der Waals surface area contributed by atoms with Crippen LogP contribution in [0.1, 0.15) is 51.0 Å². The molecular formula is C23H28N2O2. The van der Waals surface area contributed by atoms with Gasteiger partial charge in [-0.3, -0.25) is 9.59 Å². The van der Waals surface area contributed by atoms with Gasteiger partial charge in [-0.1, -0.05) is 50.2 Å². The Morgan fingerprint density at radius 1 is 0.778 bits per heavy atom. The molecule has 0 heterocycles. The highest BCUT2D eigenvalue weighted by Gasteiger charge is 2.30. The van der Waals surface area contributed by atoms with Crippen LogP contribution in [0.5, 0.6) is 0 Å². The second kappa shape index (κ2) is 8.85. The molecule has 1 aliphatic rings. The fourth-order valence-corrected chi connectivity index (χ4v) is 3.73. The molecule has 2 amide bonds. The average Bonchev–Trinajstić information content (AvgIpc) is 2.69. The summed E-state index contributed by atoms with van der Waals surface area (Å²) in [6.07, 6.45) is 3.01. The van der Waals surface area contributed by atoms with Crippen LogP contribution in [0.3, 0.4) is 0 Å². The first kappa shape index (κ1) is 19.2. The summed E-state index contributed by atoms with van der Waals surface area (Å²) in [5.74, 6) is 0.456. The fourth-order valence-electron chi connectivity index (χ4n) is 3.73. The Morgan fingerprint density at radius 2 is 1.30 bits per heavy atom. The number of hydrogen-bond donors (Lipinski definition) is 2. The quantitative estimate of drug-likeness (QED) is 0.767. The fraction of sp³-hybridized carbons (Fsp3) is 0.391. The molecule has 4 heteroatoms. The first-order valence-electron chi connectivity index (χ1n) is 9.80. The van der Waals surface area contributed by atoms with E-state index in [-0.39, 0.29) is 23.7 Å². The van der Waals surface area contributed by atoms with Crippen LogP contribution in [-0.4, -0.2) is 11.8 Å². The number of benzene rings is 2. The molecule has 1 aliphatic carbocycles. The van der Waals surface area contributed by atoms with Crippen LogP contribution in [-0.2, 0) is 9.59 Å². The Balaban J connectivity index is 1.53. The monoisotopic (exact) mass is 364 g/mol. The van der Waals surface area contributed by atoms with E-state index < -0.39 is 0 Å². The third-order valence-electron chi connectivity index (χ3n) is 5.35. The zero-order valence-corrected chi connectivity index (χ0v) is 16.1. The average molecular weight is 364 g/mol. The predicted octanol–water partition coefficient (Wildman–Crippen LogP) is 5.19. The van der Waals surface area contributed by atoms with Gasteiger partial charge < -0.3 is 10.6 Å². The maximum absolute atomic E-state index is 12.7. The number of hydrogen-bond acceptors (Lipinski definition) is 2. The van der Waals surface area contributed by atoms with Gasteiger partial charge in [-0.2, -0.15) is 0 Å². The lowest BCUT2D eigenvalue weighted by Crippen LogP contribution is -2.32. The zero-order valence-electron chi connectivity index (χ0n) is 16.1. The normalized spacial score (nSPS) is 19.5. The van der Waals surface area contributed by atoms with Crippen molar-refractivity contribution in [2.24, 2.45) is 11.8 Å². The lowest BCUT2D eigenvalue weighted by molar-refractivity contribution is -0.125. The molecule has 27 heavy (non-hydrogen) atoms. The highest BCUT2D eigenvalue weighted by atomic mass is 16.2. The van der Waals surface area contributed by atoms with Gasteiger partial charge in [-0.15, -0.1) is 0 Å². The van der Waals surface area contributed by atoms with E-state index in [0.29, 0.717) is 5.92 Å². The van der Waals surface area contributed by atoms with Crippen LogP contribution in [0.2, 0.25) is 0 Å². The van der Waals surface area contributed by atoms with E-state index in [1.807, 2.05) is 48.5 Å². The molecule has 3 rings (SSSR count). The molecule has 2 N–H and O–H groups in total. The Hall–Kier alpha value is -2.62. The van der Waals surface area contributed by atoms with Gasteiger partial charge in [0.25, 0.3) is 0 Å². The van der Waals surface area contributed by atoms with Crippen molar-refractivity contribution in [3.63, 3.8) is 0 Å². The summed E-state index contributed by atoms with van der Waals surface area (Å²) < 4.78 is 0. The molecule has 2 aromatic carbocycles. The van der Waals surface area contributed by atoms with Crippen LogP contribution in [0, 0.1) is 11.8 Å². The highest BCUT2D eigenvalue weighted by molar-refractivity contribution is 5.95. The van der Waals surface area contributed by atoms with E-state index in [1.54, 1.807) is 0 Å². The van der Waals surface area contributed by atoms with Gasteiger partial charge >= 0.3 is 0 Å². The standard InChI is InChI=1S/C23H28N2O2/c1-16(2)20-10-6-7-11-21(20)25-23(27)18-14-12-17(13-15-18)22(26)24-19-8-4-3-5-9-19/h3-11,16-18H,12-15H2,1-2H3,(H,24,26)(H,25,27). The van der Waals surface area contributed by atoms with Crippen LogP contribution >= 0.6 is 0 Å². The van der Waals surface area contributed by atoms with Gasteiger partial charge in [0.2, 0.25) is 11.8 Å². The molecule has 0 atom stereocenters. The highest BCUT2D eigenvalue weighted by Crippen LogP contribution is 2.31. The maximum atomic E-state index is 12.7. The third kappa shape index (κ3) is 4.97. The Morgan fingerprint density at radius 3 is 1.89 bits per heavy atom. The number of anilines is 2. The Bertz CT molecular complexity index is 778. The molecule has 1 saturated carbocycles. The number of amides is 2. The summed E-state index contributed by atoms with van der Waals surface area (Å²) in [4.78, 5) is 25.1. The Kier molecular flexibility index (Phi) is 6.28. The van der Waals surface area contributed by atoms with Crippen LogP contribution in [0.4, 0.5) is 11.4 Å². The number of carbonyl (C=O) groups excluding carboxylic acids is 2. The lowest BCUT2D eigenvalue weighted by Gasteiger charge is -2.27. The Labute approximate surface area is 161 Å². The maximum Gasteiger partial charge on any atom is 0.227 e. The summed E-state index contributed by atoms with van der Waals surface area (Å²) in [6.45, 7) is 4.25. The number of nitrogens with one attached hydrogen (secondary N) is 2. The number of carbonyl (C=O) groups is 2. The van der Waals surface area contributed by atoms with Crippen molar-refractivity contribution >= 4 is 23.2 Å². The van der Waals surface area contributed by atoms with Crippen molar-refractivity contribution in [3.05, 3.63) is 60.2 Å². The van der Waals surface area contributed by atoms with Crippen molar-refractivity contribution in [2.75, 3.05) is 10.6 Å². The molecule has 2 aromatic rings. The van der Waals surface area contributed by atoms with Crippen molar-refractivity contribution in [1.82, 2.24) is 0 Å². The second-order valence-corrected chi connectivity index (χ2v) is 7.64. The van der Waals surface area contributed by atoms with Gasteiger partial charge in [0.05, 0.1) is 0 Å². The molecule has 0 bridgehead atoms. The molecular weight excluding hydrogens is 336 g/mol. The minimum absolute atomic E-state index is 0.0165. The van der Waals surface area contributed by atoms with E-state index in [1.165, 1.54) is 0 Å². The van der Waals surface area contributed by atoms with E-state index in [2.05, 4.69) is 30.5 Å². The summed E-state index contributed by atoms with van der Waals surface area (Å²) >= 11 is 0. The molecule has 0 aliphatic heterocycles. The van der Waals surface area contributed by atoms with E-state index in [9.17, 15) is 9.59 Å². The minimum atomic E-state index is -0.0222. The zero-order chi connectivity index (χ0) is 19.2. The van der Waals surface area contributed by atoms with Crippen molar-refractivity contribution < 1.29 is 9.59 Å². The lowest BCUT2D eigenvalue weighted by atomic mass is 9.81. The van der Waals surface area contributed by atoms with Crippen molar-refractivity contribution in [2.45, 2.75) is 45.4 Å². The SMILES string of the molecule is CC(C)c1ccccc1NC(=O)C1CCC(C(=O)Nc2ccccc2)CC1. The van der Waals surface area contributed by atoms with E-state index >= 15 is 0 Å². The van der Waals surface area contributed by atoms with E-state index in [0.717, 1.165) is 42.6 Å². The molecule has 0 aromatic heterocycles. The summed E-state index contributed by atoms with van der Waals surface area (Å²) in [7, 11) is 0. The van der Waals surface area contributed by atoms with Crippen LogP contribution < -0.4 is 10.6 Å². The topological polar surface area (TPSA) is 58.2 Å². The van der Waals surface area contributed by atoms with Gasteiger partial charge in [-0.25, -0.2) is 0 Å². The summed E-state index contributed by atoms with van der Waals surface area (Å²) in [6, 6.07) is 17.5. The third-order valence-corrected chi connectivity index (χ3v) is 5.35. The van der Waals surface area contributed by atoms with Gasteiger partial charge in [0, 0.05) is 23.2 Å². The minimum Gasteiger partial charge on any atom is -0.326 e. The van der Waals surface area contributed by atoms with Crippen LogP contribution in [0.15, 0.2) is 54.6 Å². The molecule has 142 valence electrons. The largest absolute Gasteiger partial charge is 0.326 e. The van der Waals surface area contributed by atoms with Gasteiger partial charge in [0.15, 0.2) is 0 Å². The van der Waals surface area contributed by atoms with Crippen molar-refractivity contribution in [3.8, 4) is 0 Å². The molecule has 0 radical (unpaired) electrons. The predicted molar refractivity (Wildman–Crippen MR) is 110 cm³/mol. The first-order valence-corrected chi connectivity index (χ1v) is 9.80. The molecule has 0 spiro atoms. The molecule has 1 fully saturated rings. The van der Waals surface area contributed by atoms with Crippen molar-refractivity contribution in [1.29, 1.82) is 0 Å². The molecule has 4 nitrogen and oxygen atoms in total. The summed E-state index contributed by atoms with van der Waals surface area (Å²) in [5.41, 5.74) is 2.89. The van der Waals surface area contributed by atoms with Gasteiger partial charge in [0.1, 0.15) is 0 Å². The van der Waals surface area contributed by atoms with Gasteiger partial charge in [-0.05, 0) is 55.4 Å². The molecule has 0 saturated heterocycles. The number of para-hydroxylation sites is 2. The number of rotatable bonds is 5. The van der Waals surface area contributed by atoms with Crippen LogP contribution in [0.25, 0.3) is 0 Å².